The third kappa shape index (κ3) is 3.39. The number of rotatable bonds is 5. The zero-order chi connectivity index (χ0) is 18.1. The zero-order valence-corrected chi connectivity index (χ0v) is 15.3. The topological polar surface area (TPSA) is 84.3 Å². The van der Waals surface area contributed by atoms with Gasteiger partial charge >= 0.3 is 0 Å². The molecule has 3 heterocycles. The molecule has 1 N–H and O–H groups in total. The van der Waals surface area contributed by atoms with E-state index in [0.29, 0.717) is 19.5 Å². The molecule has 1 amide bonds. The predicted octanol–water partition coefficient (Wildman–Crippen LogP) is 1.55. The van der Waals surface area contributed by atoms with Gasteiger partial charge in [0.1, 0.15) is 5.82 Å². The molecule has 7 nitrogen and oxygen atoms in total. The fraction of sp³-hybridized carbons (Fsp3) is 0.444. The van der Waals surface area contributed by atoms with E-state index >= 15 is 0 Å². The minimum atomic E-state index is -3.56. The summed E-state index contributed by atoms with van der Waals surface area (Å²) in [6, 6.07) is 6.54. The number of sulfonamides is 1. The van der Waals surface area contributed by atoms with Gasteiger partial charge in [0.25, 0.3) is 0 Å². The van der Waals surface area contributed by atoms with Crippen LogP contribution in [0.1, 0.15) is 25.1 Å². The minimum Gasteiger partial charge on any atom is -0.335 e. The highest BCUT2D eigenvalue weighted by molar-refractivity contribution is 7.89. The van der Waals surface area contributed by atoms with Crippen LogP contribution < -0.4 is 9.62 Å². The molecule has 1 atom stereocenters. The number of hydrogen-bond acceptors (Lipinski definition) is 4. The van der Waals surface area contributed by atoms with Crippen molar-refractivity contribution < 1.29 is 13.2 Å². The van der Waals surface area contributed by atoms with Gasteiger partial charge in [-0.25, -0.2) is 18.1 Å². The molecule has 2 aliphatic heterocycles. The Morgan fingerprint density at radius 3 is 2.73 bits per heavy atom. The van der Waals surface area contributed by atoms with Gasteiger partial charge < -0.3 is 9.47 Å². The summed E-state index contributed by atoms with van der Waals surface area (Å²) in [6.07, 6.45) is 6.87. The van der Waals surface area contributed by atoms with Crippen molar-refractivity contribution in [2.45, 2.75) is 37.1 Å². The molecule has 1 saturated heterocycles. The molecule has 1 fully saturated rings. The van der Waals surface area contributed by atoms with Crippen molar-refractivity contribution in [2.75, 3.05) is 18.0 Å². The Balaban J connectivity index is 1.40. The lowest BCUT2D eigenvalue weighted by molar-refractivity contribution is -0.117. The number of fused-ring (bicyclic) bond motifs is 1. The van der Waals surface area contributed by atoms with Crippen molar-refractivity contribution >= 4 is 21.6 Å². The average molecular weight is 374 g/mol. The molecule has 1 aromatic heterocycles. The van der Waals surface area contributed by atoms with Gasteiger partial charge in [-0.15, -0.1) is 0 Å². The second kappa shape index (κ2) is 6.85. The van der Waals surface area contributed by atoms with Crippen LogP contribution in [-0.2, 0) is 27.8 Å². The Morgan fingerprint density at radius 1 is 1.19 bits per heavy atom. The van der Waals surface area contributed by atoms with Crippen LogP contribution in [0.25, 0.3) is 0 Å². The molecule has 0 unspecified atom stereocenters. The molecule has 0 radical (unpaired) electrons. The van der Waals surface area contributed by atoms with E-state index < -0.39 is 10.0 Å². The summed E-state index contributed by atoms with van der Waals surface area (Å²) < 4.78 is 29.9. The Hall–Kier alpha value is -2.19. The number of amides is 1. The summed E-state index contributed by atoms with van der Waals surface area (Å²) in [5.74, 6) is 1.36. The molecule has 0 saturated carbocycles. The summed E-state index contributed by atoms with van der Waals surface area (Å²) in [6.45, 7) is 1.97. The monoisotopic (exact) mass is 374 g/mol. The number of nitrogens with one attached hydrogen (secondary N) is 1. The molecule has 0 spiro atoms. The highest BCUT2D eigenvalue weighted by atomic mass is 32.2. The Kier molecular flexibility index (Phi) is 4.54. The highest BCUT2D eigenvalue weighted by Crippen LogP contribution is 2.23. The SMILES string of the molecule is O=C1CCCN1c1ccc(S(=O)(=O)NC[C@@H]2CCn3ccnc3C2)cc1. The Morgan fingerprint density at radius 2 is 2.00 bits per heavy atom. The summed E-state index contributed by atoms with van der Waals surface area (Å²) in [5.41, 5.74) is 0.755. The lowest BCUT2D eigenvalue weighted by Gasteiger charge is -2.23. The Bertz CT molecular complexity index is 905. The molecular weight excluding hydrogens is 352 g/mol. The van der Waals surface area contributed by atoms with Crippen molar-refractivity contribution in [2.24, 2.45) is 5.92 Å². The predicted molar refractivity (Wildman–Crippen MR) is 97.3 cm³/mol. The van der Waals surface area contributed by atoms with Gasteiger partial charge in [-0.2, -0.15) is 0 Å². The van der Waals surface area contributed by atoms with Crippen molar-refractivity contribution in [3.8, 4) is 0 Å². The molecule has 2 aromatic rings. The third-order valence-electron chi connectivity index (χ3n) is 5.15. The first-order valence-corrected chi connectivity index (χ1v) is 10.4. The maximum absolute atomic E-state index is 12.6. The van der Waals surface area contributed by atoms with Crippen molar-refractivity contribution in [1.29, 1.82) is 0 Å². The lowest BCUT2D eigenvalue weighted by atomic mass is 9.98. The quantitative estimate of drug-likeness (QED) is 0.861. The fourth-order valence-corrected chi connectivity index (χ4v) is 4.74. The summed E-state index contributed by atoms with van der Waals surface area (Å²) in [5, 5.41) is 0. The van der Waals surface area contributed by atoms with Crippen LogP contribution in [0, 0.1) is 5.92 Å². The van der Waals surface area contributed by atoms with Gasteiger partial charge in [-0.05, 0) is 43.0 Å². The molecular formula is C18H22N4O3S. The standard InChI is InChI=1S/C18H22N4O3S/c23-18-2-1-9-22(18)15-3-5-16(6-4-15)26(24,25)20-13-14-7-10-21-11-8-19-17(21)12-14/h3-6,8,11,14,20H,1-2,7,9-10,12-13H2/t14-/m1/s1. The third-order valence-corrected chi connectivity index (χ3v) is 6.58. The largest absolute Gasteiger partial charge is 0.335 e. The number of carbonyl (C=O) groups is 1. The fourth-order valence-electron chi connectivity index (χ4n) is 3.63. The smallest absolute Gasteiger partial charge is 0.240 e. The number of carbonyl (C=O) groups excluding carboxylic acids is 1. The van der Waals surface area contributed by atoms with E-state index in [1.807, 2.05) is 6.20 Å². The van der Waals surface area contributed by atoms with Crippen LogP contribution in [-0.4, -0.2) is 37.0 Å². The van der Waals surface area contributed by atoms with Gasteiger partial charge in [-0.3, -0.25) is 4.79 Å². The van der Waals surface area contributed by atoms with Crippen LogP contribution in [0.4, 0.5) is 5.69 Å². The normalized spacial score (nSPS) is 20.4. The van der Waals surface area contributed by atoms with Crippen LogP contribution in [0.15, 0.2) is 41.6 Å². The number of hydrogen-bond donors (Lipinski definition) is 1. The van der Waals surface area contributed by atoms with E-state index in [-0.39, 0.29) is 16.7 Å². The molecule has 26 heavy (non-hydrogen) atoms. The highest BCUT2D eigenvalue weighted by Gasteiger charge is 2.24. The van der Waals surface area contributed by atoms with Gasteiger partial charge in [0, 0.05) is 50.6 Å². The van der Waals surface area contributed by atoms with Crippen LogP contribution >= 0.6 is 0 Å². The van der Waals surface area contributed by atoms with Crippen molar-refractivity contribution in [3.63, 3.8) is 0 Å². The van der Waals surface area contributed by atoms with Gasteiger partial charge in [0.15, 0.2) is 0 Å². The van der Waals surface area contributed by atoms with Gasteiger partial charge in [0.05, 0.1) is 4.90 Å². The Labute approximate surface area is 153 Å². The molecule has 0 bridgehead atoms. The molecule has 1 aromatic carbocycles. The second-order valence-electron chi connectivity index (χ2n) is 6.89. The molecule has 138 valence electrons. The maximum Gasteiger partial charge on any atom is 0.240 e. The molecule has 8 heteroatoms. The van der Waals surface area contributed by atoms with E-state index in [1.54, 1.807) is 35.4 Å². The van der Waals surface area contributed by atoms with E-state index in [2.05, 4.69) is 14.3 Å². The first-order chi connectivity index (χ1) is 12.5. The van der Waals surface area contributed by atoms with E-state index in [1.165, 1.54) is 0 Å². The number of aryl methyl sites for hydroxylation is 1. The lowest BCUT2D eigenvalue weighted by Crippen LogP contribution is -2.33. The van der Waals surface area contributed by atoms with E-state index in [0.717, 1.165) is 37.3 Å². The second-order valence-corrected chi connectivity index (χ2v) is 8.66. The first-order valence-electron chi connectivity index (χ1n) is 8.93. The average Bonchev–Trinajstić information content (AvgIpc) is 3.28. The van der Waals surface area contributed by atoms with Gasteiger partial charge in [-0.1, -0.05) is 0 Å². The van der Waals surface area contributed by atoms with Crippen molar-refractivity contribution in [3.05, 3.63) is 42.5 Å². The summed E-state index contributed by atoms with van der Waals surface area (Å²) in [4.78, 5) is 18.0. The molecule has 2 aliphatic rings. The van der Waals surface area contributed by atoms with E-state index in [4.69, 9.17) is 0 Å². The molecule has 4 rings (SSSR count). The maximum atomic E-state index is 12.6. The summed E-state index contributed by atoms with van der Waals surface area (Å²) in [7, 11) is -3.56. The first kappa shape index (κ1) is 17.2. The number of imidazole rings is 1. The zero-order valence-electron chi connectivity index (χ0n) is 14.5. The minimum absolute atomic E-state index is 0.0920. The van der Waals surface area contributed by atoms with E-state index in [9.17, 15) is 13.2 Å². The number of nitrogens with zero attached hydrogens (tertiary/aromatic N) is 3. The van der Waals surface area contributed by atoms with Crippen LogP contribution in [0.2, 0.25) is 0 Å². The van der Waals surface area contributed by atoms with Crippen LogP contribution in [0.5, 0.6) is 0 Å². The number of aromatic nitrogens is 2. The van der Waals surface area contributed by atoms with Crippen molar-refractivity contribution in [1.82, 2.24) is 14.3 Å². The molecule has 0 aliphatic carbocycles. The number of benzene rings is 1. The van der Waals surface area contributed by atoms with Crippen LogP contribution in [0.3, 0.4) is 0 Å². The summed E-state index contributed by atoms with van der Waals surface area (Å²) >= 11 is 0. The van der Waals surface area contributed by atoms with Gasteiger partial charge in [0.2, 0.25) is 15.9 Å². The number of anilines is 1.